The molecule has 150 valence electrons. The highest BCUT2D eigenvalue weighted by molar-refractivity contribution is 7.14. The minimum absolute atomic E-state index is 0.297. The Kier molecular flexibility index (Phi) is 6.92. The van der Waals surface area contributed by atoms with Gasteiger partial charge in [0.05, 0.1) is 14.2 Å². The normalized spacial score (nSPS) is 13.2. The van der Waals surface area contributed by atoms with E-state index in [9.17, 15) is 9.59 Å². The van der Waals surface area contributed by atoms with Crippen LogP contribution in [0.25, 0.3) is 0 Å². The lowest BCUT2D eigenvalue weighted by molar-refractivity contribution is -0.124. The molecule has 1 aliphatic carbocycles. The molecule has 3 rings (SSSR count). The van der Waals surface area contributed by atoms with Crippen molar-refractivity contribution in [3.8, 4) is 11.5 Å². The molecule has 2 aromatic rings. The van der Waals surface area contributed by atoms with Gasteiger partial charge in [0.25, 0.3) is 5.91 Å². The number of rotatable bonds is 7. The van der Waals surface area contributed by atoms with Crippen LogP contribution in [0.5, 0.6) is 11.5 Å². The second kappa shape index (κ2) is 9.59. The lowest BCUT2D eigenvalue weighted by Gasteiger charge is -2.10. The van der Waals surface area contributed by atoms with Crippen molar-refractivity contribution in [1.82, 2.24) is 5.32 Å². The lowest BCUT2D eigenvalue weighted by Crippen LogP contribution is -2.28. The minimum atomic E-state index is -0.431. The van der Waals surface area contributed by atoms with Crippen molar-refractivity contribution in [2.75, 3.05) is 20.8 Å². The van der Waals surface area contributed by atoms with Crippen molar-refractivity contribution >= 4 is 23.2 Å². The Labute approximate surface area is 168 Å². The molecule has 0 spiro atoms. The summed E-state index contributed by atoms with van der Waals surface area (Å²) in [4.78, 5) is 26.2. The Hall–Kier alpha value is -2.54. The van der Waals surface area contributed by atoms with E-state index in [0.717, 1.165) is 24.8 Å². The van der Waals surface area contributed by atoms with Gasteiger partial charge in [0.2, 0.25) is 0 Å². The van der Waals surface area contributed by atoms with Gasteiger partial charge in [0.15, 0.2) is 18.1 Å². The molecule has 7 heteroatoms. The first-order chi connectivity index (χ1) is 13.6. The maximum Gasteiger partial charge on any atom is 0.348 e. The predicted octanol–water partition coefficient (Wildman–Crippen LogP) is 3.51. The van der Waals surface area contributed by atoms with E-state index in [0.29, 0.717) is 22.9 Å². The van der Waals surface area contributed by atoms with Gasteiger partial charge in [0.1, 0.15) is 4.88 Å². The molecule has 1 aromatic carbocycles. The smallest absolute Gasteiger partial charge is 0.348 e. The molecule has 0 fully saturated rings. The standard InChI is InChI=1S/C21H25NO5S/c1-25-16-9-8-14(10-17(16)26-2)12-22-20(23)13-27-21(24)19-11-15-6-4-3-5-7-18(15)28-19/h8-11H,3-7,12-13H2,1-2H3,(H,22,23). The number of esters is 1. The molecule has 1 aliphatic rings. The molecule has 1 heterocycles. The molecule has 0 aliphatic heterocycles. The zero-order valence-electron chi connectivity index (χ0n) is 16.2. The van der Waals surface area contributed by atoms with Crippen LogP contribution in [0.15, 0.2) is 24.3 Å². The van der Waals surface area contributed by atoms with Crippen LogP contribution in [0.4, 0.5) is 0 Å². The zero-order chi connectivity index (χ0) is 19.9. The number of hydrogen-bond acceptors (Lipinski definition) is 6. The quantitative estimate of drug-likeness (QED) is 0.566. The first kappa shape index (κ1) is 20.2. The Morgan fingerprint density at radius 2 is 1.82 bits per heavy atom. The van der Waals surface area contributed by atoms with E-state index in [2.05, 4.69) is 5.32 Å². The third-order valence-electron chi connectivity index (χ3n) is 4.72. The van der Waals surface area contributed by atoms with Gasteiger partial charge in [-0.1, -0.05) is 12.5 Å². The summed E-state index contributed by atoms with van der Waals surface area (Å²) in [6.07, 6.45) is 5.61. The van der Waals surface area contributed by atoms with E-state index >= 15 is 0 Å². The minimum Gasteiger partial charge on any atom is -0.493 e. The third-order valence-corrected chi connectivity index (χ3v) is 5.94. The molecule has 1 aromatic heterocycles. The Morgan fingerprint density at radius 1 is 1.04 bits per heavy atom. The van der Waals surface area contributed by atoms with Crippen LogP contribution in [0.3, 0.4) is 0 Å². The van der Waals surface area contributed by atoms with Crippen molar-refractivity contribution in [3.05, 3.63) is 45.1 Å². The van der Waals surface area contributed by atoms with Gasteiger partial charge in [-0.05, 0) is 55.0 Å². The summed E-state index contributed by atoms with van der Waals surface area (Å²) >= 11 is 1.49. The fraction of sp³-hybridized carbons (Fsp3) is 0.429. The van der Waals surface area contributed by atoms with Crippen LogP contribution in [0.2, 0.25) is 0 Å². The summed E-state index contributed by atoms with van der Waals surface area (Å²) in [5.74, 6) is 0.444. The highest BCUT2D eigenvalue weighted by Gasteiger charge is 2.18. The Balaban J connectivity index is 1.48. The molecule has 0 atom stereocenters. The van der Waals surface area contributed by atoms with E-state index in [1.54, 1.807) is 26.4 Å². The van der Waals surface area contributed by atoms with Crippen molar-refractivity contribution in [3.63, 3.8) is 0 Å². The number of aryl methyl sites for hydroxylation is 2. The number of thiophene rings is 1. The molecule has 0 bridgehead atoms. The van der Waals surface area contributed by atoms with Gasteiger partial charge in [-0.15, -0.1) is 11.3 Å². The number of hydrogen-bond donors (Lipinski definition) is 1. The molecule has 1 N–H and O–H groups in total. The summed E-state index contributed by atoms with van der Waals surface area (Å²) in [5.41, 5.74) is 2.12. The SMILES string of the molecule is COc1ccc(CNC(=O)COC(=O)c2cc3c(s2)CCCCC3)cc1OC. The maximum atomic E-state index is 12.3. The van der Waals surface area contributed by atoms with E-state index in [1.165, 1.54) is 34.6 Å². The summed E-state index contributed by atoms with van der Waals surface area (Å²) in [6, 6.07) is 7.34. The number of carbonyl (C=O) groups excluding carboxylic acids is 2. The van der Waals surface area contributed by atoms with Gasteiger partial charge >= 0.3 is 5.97 Å². The molecule has 6 nitrogen and oxygen atoms in total. The van der Waals surface area contributed by atoms with Crippen molar-refractivity contribution in [2.45, 2.75) is 38.6 Å². The summed E-state index contributed by atoms with van der Waals surface area (Å²) in [7, 11) is 3.13. The Bertz CT molecular complexity index is 822. The lowest BCUT2D eigenvalue weighted by atomic mass is 10.1. The van der Waals surface area contributed by atoms with Crippen molar-refractivity contribution in [1.29, 1.82) is 0 Å². The van der Waals surface area contributed by atoms with E-state index in [1.807, 2.05) is 12.1 Å². The second-order valence-corrected chi connectivity index (χ2v) is 7.80. The Morgan fingerprint density at radius 3 is 2.61 bits per heavy atom. The summed E-state index contributed by atoms with van der Waals surface area (Å²) in [6.45, 7) is 0.0126. The summed E-state index contributed by atoms with van der Waals surface area (Å²) < 4.78 is 15.6. The van der Waals surface area contributed by atoms with Gasteiger partial charge in [-0.3, -0.25) is 4.79 Å². The molecule has 28 heavy (non-hydrogen) atoms. The van der Waals surface area contributed by atoms with Gasteiger partial charge < -0.3 is 19.5 Å². The number of fused-ring (bicyclic) bond motifs is 1. The molecular formula is C21H25NO5S. The number of ether oxygens (including phenoxy) is 3. The van der Waals surface area contributed by atoms with Crippen molar-refractivity contribution < 1.29 is 23.8 Å². The number of benzene rings is 1. The van der Waals surface area contributed by atoms with Crippen LogP contribution in [-0.2, 0) is 28.9 Å². The number of methoxy groups -OCH3 is 2. The van der Waals surface area contributed by atoms with Gasteiger partial charge in [0, 0.05) is 11.4 Å². The van der Waals surface area contributed by atoms with Gasteiger partial charge in [-0.25, -0.2) is 4.79 Å². The maximum absolute atomic E-state index is 12.3. The number of carbonyl (C=O) groups is 2. The van der Waals surface area contributed by atoms with Crippen LogP contribution in [0, 0.1) is 0 Å². The van der Waals surface area contributed by atoms with E-state index < -0.39 is 5.97 Å². The van der Waals surface area contributed by atoms with Crippen LogP contribution >= 0.6 is 11.3 Å². The molecule has 0 radical (unpaired) electrons. The van der Waals surface area contributed by atoms with Gasteiger partial charge in [-0.2, -0.15) is 0 Å². The fourth-order valence-electron chi connectivity index (χ4n) is 3.21. The predicted molar refractivity (Wildman–Crippen MR) is 107 cm³/mol. The molecule has 0 saturated carbocycles. The van der Waals surface area contributed by atoms with Crippen LogP contribution in [-0.4, -0.2) is 32.7 Å². The number of nitrogens with one attached hydrogen (secondary N) is 1. The average molecular weight is 404 g/mol. The first-order valence-electron chi connectivity index (χ1n) is 9.37. The van der Waals surface area contributed by atoms with Crippen molar-refractivity contribution in [2.24, 2.45) is 0 Å². The highest BCUT2D eigenvalue weighted by atomic mass is 32.1. The monoisotopic (exact) mass is 403 g/mol. The number of amides is 1. The average Bonchev–Trinajstić information content (AvgIpc) is 3.00. The molecule has 0 unspecified atom stereocenters. The van der Waals surface area contributed by atoms with E-state index in [4.69, 9.17) is 14.2 Å². The largest absolute Gasteiger partial charge is 0.493 e. The van der Waals surface area contributed by atoms with E-state index in [-0.39, 0.29) is 12.5 Å². The fourth-order valence-corrected chi connectivity index (χ4v) is 4.36. The molecule has 0 saturated heterocycles. The second-order valence-electron chi connectivity index (χ2n) is 6.66. The zero-order valence-corrected chi connectivity index (χ0v) is 17.0. The molecular weight excluding hydrogens is 378 g/mol. The molecule has 1 amide bonds. The van der Waals surface area contributed by atoms with Crippen LogP contribution < -0.4 is 14.8 Å². The third kappa shape index (κ3) is 5.04. The first-order valence-corrected chi connectivity index (χ1v) is 10.2. The summed E-state index contributed by atoms with van der Waals surface area (Å²) in [5, 5.41) is 2.74. The highest BCUT2D eigenvalue weighted by Crippen LogP contribution is 2.29. The van der Waals surface area contributed by atoms with Crippen LogP contribution in [0.1, 0.15) is 44.9 Å². The topological polar surface area (TPSA) is 73.9 Å².